The second kappa shape index (κ2) is 7.28. The SMILES string of the molecule is CCCC(CCCN)c1cc(F)ccc1OC. The minimum atomic E-state index is -0.199. The molecule has 3 heteroatoms. The molecule has 2 N–H and O–H groups in total. The second-order valence-corrected chi connectivity index (χ2v) is 4.30. The molecule has 0 bridgehead atoms. The summed E-state index contributed by atoms with van der Waals surface area (Å²) in [6.07, 6.45) is 4.07. The van der Waals surface area contributed by atoms with E-state index in [9.17, 15) is 4.39 Å². The molecule has 0 amide bonds. The fraction of sp³-hybridized carbons (Fsp3) is 0.571. The molecule has 1 atom stereocenters. The van der Waals surface area contributed by atoms with Crippen molar-refractivity contribution in [3.63, 3.8) is 0 Å². The van der Waals surface area contributed by atoms with Gasteiger partial charge in [0.2, 0.25) is 0 Å². The highest BCUT2D eigenvalue weighted by Gasteiger charge is 2.15. The van der Waals surface area contributed by atoms with Gasteiger partial charge in [-0.15, -0.1) is 0 Å². The van der Waals surface area contributed by atoms with Crippen molar-refractivity contribution in [3.05, 3.63) is 29.6 Å². The van der Waals surface area contributed by atoms with Crippen LogP contribution in [0.3, 0.4) is 0 Å². The van der Waals surface area contributed by atoms with Crippen LogP contribution in [0.15, 0.2) is 18.2 Å². The summed E-state index contributed by atoms with van der Waals surface area (Å²) in [4.78, 5) is 0. The Kier molecular flexibility index (Phi) is 5.98. The van der Waals surface area contributed by atoms with E-state index in [0.29, 0.717) is 12.5 Å². The van der Waals surface area contributed by atoms with E-state index in [1.54, 1.807) is 19.2 Å². The lowest BCUT2D eigenvalue weighted by atomic mass is 9.89. The summed E-state index contributed by atoms with van der Waals surface area (Å²) in [6.45, 7) is 2.82. The Labute approximate surface area is 103 Å². The van der Waals surface area contributed by atoms with Crippen LogP contribution < -0.4 is 10.5 Å². The molecule has 0 saturated heterocycles. The predicted octanol–water partition coefficient (Wildman–Crippen LogP) is 3.46. The molecule has 0 aromatic heterocycles. The van der Waals surface area contributed by atoms with Gasteiger partial charge in [0.05, 0.1) is 7.11 Å². The van der Waals surface area contributed by atoms with E-state index in [4.69, 9.17) is 10.5 Å². The molecule has 0 aliphatic carbocycles. The molecule has 2 nitrogen and oxygen atoms in total. The summed E-state index contributed by atoms with van der Waals surface area (Å²) in [7, 11) is 1.63. The van der Waals surface area contributed by atoms with E-state index in [0.717, 1.165) is 37.0 Å². The highest BCUT2D eigenvalue weighted by molar-refractivity contribution is 5.36. The second-order valence-electron chi connectivity index (χ2n) is 4.30. The van der Waals surface area contributed by atoms with Crippen LogP contribution >= 0.6 is 0 Å². The van der Waals surface area contributed by atoms with Crippen LogP contribution in [0.4, 0.5) is 4.39 Å². The maximum atomic E-state index is 13.3. The summed E-state index contributed by atoms with van der Waals surface area (Å²) in [5.74, 6) is 0.922. The van der Waals surface area contributed by atoms with Crippen molar-refractivity contribution in [2.24, 2.45) is 5.73 Å². The zero-order valence-electron chi connectivity index (χ0n) is 10.7. The van der Waals surface area contributed by atoms with E-state index in [-0.39, 0.29) is 5.82 Å². The van der Waals surface area contributed by atoms with Crippen molar-refractivity contribution < 1.29 is 9.13 Å². The van der Waals surface area contributed by atoms with Crippen LogP contribution in [-0.2, 0) is 0 Å². The van der Waals surface area contributed by atoms with Crippen molar-refractivity contribution in [1.82, 2.24) is 0 Å². The maximum Gasteiger partial charge on any atom is 0.123 e. The smallest absolute Gasteiger partial charge is 0.123 e. The average Bonchev–Trinajstić information content (AvgIpc) is 2.34. The van der Waals surface area contributed by atoms with Gasteiger partial charge >= 0.3 is 0 Å². The van der Waals surface area contributed by atoms with E-state index >= 15 is 0 Å². The number of hydrogen-bond donors (Lipinski definition) is 1. The van der Waals surface area contributed by atoms with Gasteiger partial charge in [-0.3, -0.25) is 0 Å². The summed E-state index contributed by atoms with van der Waals surface area (Å²) in [5, 5.41) is 0. The molecule has 0 fully saturated rings. The van der Waals surface area contributed by atoms with Gasteiger partial charge in [0, 0.05) is 5.56 Å². The quantitative estimate of drug-likeness (QED) is 0.791. The molecular weight excluding hydrogens is 217 g/mol. The van der Waals surface area contributed by atoms with Gasteiger partial charge in [0.1, 0.15) is 11.6 Å². The predicted molar refractivity (Wildman–Crippen MR) is 68.9 cm³/mol. The van der Waals surface area contributed by atoms with Crippen LogP contribution in [0, 0.1) is 5.82 Å². The number of ether oxygens (including phenoxy) is 1. The van der Waals surface area contributed by atoms with Crippen molar-refractivity contribution in [2.75, 3.05) is 13.7 Å². The Bertz CT molecular complexity index is 341. The number of halogens is 1. The maximum absolute atomic E-state index is 13.3. The molecule has 1 unspecified atom stereocenters. The molecular formula is C14H22FNO. The molecule has 0 aliphatic rings. The monoisotopic (exact) mass is 239 g/mol. The fourth-order valence-electron chi connectivity index (χ4n) is 2.19. The standard InChI is InChI=1S/C14H22FNO/c1-3-5-11(6-4-9-16)13-10-12(15)7-8-14(13)17-2/h7-8,10-11H,3-6,9,16H2,1-2H3. The lowest BCUT2D eigenvalue weighted by Gasteiger charge is -2.19. The summed E-state index contributed by atoms with van der Waals surface area (Å²) >= 11 is 0. The molecule has 0 spiro atoms. The summed E-state index contributed by atoms with van der Waals surface area (Å²) in [6, 6.07) is 4.74. The van der Waals surface area contributed by atoms with Gasteiger partial charge in [0.25, 0.3) is 0 Å². The first-order valence-electron chi connectivity index (χ1n) is 6.26. The van der Waals surface area contributed by atoms with E-state index in [1.165, 1.54) is 6.07 Å². The van der Waals surface area contributed by atoms with Crippen molar-refractivity contribution in [1.29, 1.82) is 0 Å². The van der Waals surface area contributed by atoms with Crippen LogP contribution in [0.2, 0.25) is 0 Å². The molecule has 0 radical (unpaired) electrons. The Balaban J connectivity index is 2.93. The van der Waals surface area contributed by atoms with Crippen molar-refractivity contribution >= 4 is 0 Å². The number of benzene rings is 1. The zero-order valence-corrected chi connectivity index (χ0v) is 10.7. The molecule has 1 rings (SSSR count). The molecule has 0 heterocycles. The Morgan fingerprint density at radius 3 is 2.71 bits per heavy atom. The van der Waals surface area contributed by atoms with Crippen LogP contribution in [0.25, 0.3) is 0 Å². The van der Waals surface area contributed by atoms with Crippen molar-refractivity contribution in [3.8, 4) is 5.75 Å². The average molecular weight is 239 g/mol. The lowest BCUT2D eigenvalue weighted by molar-refractivity contribution is 0.398. The minimum absolute atomic E-state index is 0.199. The zero-order chi connectivity index (χ0) is 12.7. The molecule has 0 saturated carbocycles. The number of hydrogen-bond acceptors (Lipinski definition) is 2. The summed E-state index contributed by atoms with van der Waals surface area (Å²) < 4.78 is 18.6. The molecule has 1 aromatic carbocycles. The van der Waals surface area contributed by atoms with Crippen molar-refractivity contribution in [2.45, 2.75) is 38.5 Å². The highest BCUT2D eigenvalue weighted by atomic mass is 19.1. The first-order valence-corrected chi connectivity index (χ1v) is 6.26. The van der Waals surface area contributed by atoms with Crippen LogP contribution in [0.5, 0.6) is 5.75 Å². The molecule has 96 valence electrons. The lowest BCUT2D eigenvalue weighted by Crippen LogP contribution is -2.06. The molecule has 1 aromatic rings. The summed E-state index contributed by atoms with van der Waals surface area (Å²) in [5.41, 5.74) is 6.52. The van der Waals surface area contributed by atoms with Crippen LogP contribution in [0.1, 0.15) is 44.1 Å². The van der Waals surface area contributed by atoms with Crippen LogP contribution in [-0.4, -0.2) is 13.7 Å². The van der Waals surface area contributed by atoms with Gasteiger partial charge in [-0.25, -0.2) is 4.39 Å². The first kappa shape index (κ1) is 14.0. The number of rotatable bonds is 7. The molecule has 0 aliphatic heterocycles. The number of nitrogens with two attached hydrogens (primary N) is 1. The van der Waals surface area contributed by atoms with E-state index in [2.05, 4.69) is 6.92 Å². The largest absolute Gasteiger partial charge is 0.496 e. The fourth-order valence-corrected chi connectivity index (χ4v) is 2.19. The van der Waals surface area contributed by atoms with E-state index < -0.39 is 0 Å². The van der Waals surface area contributed by atoms with Gasteiger partial charge in [0.15, 0.2) is 0 Å². The highest BCUT2D eigenvalue weighted by Crippen LogP contribution is 2.33. The first-order chi connectivity index (χ1) is 8.22. The van der Waals surface area contributed by atoms with Gasteiger partial charge in [-0.05, 0) is 49.9 Å². The Hall–Kier alpha value is -1.09. The normalized spacial score (nSPS) is 12.5. The number of methoxy groups -OCH3 is 1. The van der Waals surface area contributed by atoms with E-state index in [1.807, 2.05) is 0 Å². The molecule has 17 heavy (non-hydrogen) atoms. The third-order valence-electron chi connectivity index (χ3n) is 3.03. The topological polar surface area (TPSA) is 35.2 Å². The Morgan fingerprint density at radius 1 is 1.35 bits per heavy atom. The third-order valence-corrected chi connectivity index (χ3v) is 3.03. The minimum Gasteiger partial charge on any atom is -0.496 e. The van der Waals surface area contributed by atoms with Gasteiger partial charge in [-0.2, -0.15) is 0 Å². The Morgan fingerprint density at radius 2 is 2.12 bits per heavy atom. The van der Waals surface area contributed by atoms with Gasteiger partial charge < -0.3 is 10.5 Å². The van der Waals surface area contributed by atoms with Gasteiger partial charge in [-0.1, -0.05) is 13.3 Å². The third kappa shape index (κ3) is 4.00.